The molecule has 0 aromatic heterocycles. The number of hydrogen-bond acceptors (Lipinski definition) is 5. The van der Waals surface area contributed by atoms with E-state index in [0.29, 0.717) is 13.1 Å². The molecular formula is C23H22N2O5. The molecule has 2 heterocycles. The lowest BCUT2D eigenvalue weighted by atomic mass is 10.1. The van der Waals surface area contributed by atoms with E-state index in [4.69, 9.17) is 4.74 Å². The first kappa shape index (κ1) is 19.8. The van der Waals surface area contributed by atoms with E-state index in [9.17, 15) is 19.2 Å². The smallest absolute Gasteiger partial charge is 0.338 e. The molecule has 0 bridgehead atoms. The fourth-order valence-electron chi connectivity index (χ4n) is 3.80. The van der Waals surface area contributed by atoms with Crippen LogP contribution in [0.25, 0.3) is 0 Å². The van der Waals surface area contributed by atoms with Crippen LogP contribution in [0.15, 0.2) is 48.5 Å². The standard InChI is InChI=1S/C23H22N2O5/c1-15(20(26)24-11-5-6-12-24)30-23(29)17-9-10-18-19(13-17)22(28)25(21(18)27)14-16-7-3-2-4-8-16/h2-4,7-10,13,15H,5-6,11-12,14H2,1H3/t15-/m1/s1. The Balaban J connectivity index is 1.48. The zero-order valence-corrected chi connectivity index (χ0v) is 16.7. The zero-order chi connectivity index (χ0) is 21.3. The van der Waals surface area contributed by atoms with Gasteiger partial charge in [-0.25, -0.2) is 4.79 Å². The highest BCUT2D eigenvalue weighted by Crippen LogP contribution is 2.26. The van der Waals surface area contributed by atoms with Crippen molar-refractivity contribution < 1.29 is 23.9 Å². The highest BCUT2D eigenvalue weighted by molar-refractivity contribution is 6.21. The minimum atomic E-state index is -0.907. The Kier molecular flexibility index (Phi) is 5.35. The molecule has 7 nitrogen and oxygen atoms in total. The van der Waals surface area contributed by atoms with Crippen LogP contribution in [-0.4, -0.2) is 52.7 Å². The van der Waals surface area contributed by atoms with Gasteiger partial charge in [-0.3, -0.25) is 19.3 Å². The predicted molar refractivity (Wildman–Crippen MR) is 108 cm³/mol. The number of nitrogens with zero attached hydrogens (tertiary/aromatic N) is 2. The largest absolute Gasteiger partial charge is 0.449 e. The van der Waals surface area contributed by atoms with Gasteiger partial charge in [0.25, 0.3) is 17.7 Å². The lowest BCUT2D eigenvalue weighted by molar-refractivity contribution is -0.138. The van der Waals surface area contributed by atoms with E-state index in [0.717, 1.165) is 23.3 Å². The van der Waals surface area contributed by atoms with Crippen LogP contribution >= 0.6 is 0 Å². The second-order valence-electron chi connectivity index (χ2n) is 7.52. The minimum Gasteiger partial charge on any atom is -0.449 e. The fourth-order valence-corrected chi connectivity index (χ4v) is 3.80. The highest BCUT2D eigenvalue weighted by atomic mass is 16.5. The molecule has 0 aliphatic carbocycles. The molecule has 1 atom stereocenters. The van der Waals surface area contributed by atoms with Gasteiger partial charge in [0.1, 0.15) is 0 Å². The average molecular weight is 406 g/mol. The summed E-state index contributed by atoms with van der Waals surface area (Å²) in [6.07, 6.45) is 0.996. The summed E-state index contributed by atoms with van der Waals surface area (Å²) in [5.41, 5.74) is 1.40. The summed E-state index contributed by atoms with van der Waals surface area (Å²) in [6.45, 7) is 3.05. The van der Waals surface area contributed by atoms with Crippen LogP contribution in [0.5, 0.6) is 0 Å². The van der Waals surface area contributed by atoms with Crippen LogP contribution in [0.3, 0.4) is 0 Å². The van der Waals surface area contributed by atoms with Gasteiger partial charge < -0.3 is 9.64 Å². The van der Waals surface area contributed by atoms with E-state index < -0.39 is 23.9 Å². The zero-order valence-electron chi connectivity index (χ0n) is 16.7. The molecule has 0 unspecified atom stereocenters. The van der Waals surface area contributed by atoms with E-state index in [1.165, 1.54) is 18.2 Å². The number of hydrogen-bond donors (Lipinski definition) is 0. The Bertz CT molecular complexity index is 1010. The van der Waals surface area contributed by atoms with Gasteiger partial charge in [0, 0.05) is 13.1 Å². The normalized spacial score (nSPS) is 16.6. The van der Waals surface area contributed by atoms with Crippen LogP contribution in [-0.2, 0) is 16.1 Å². The summed E-state index contributed by atoms with van der Waals surface area (Å²) in [4.78, 5) is 53.2. The van der Waals surface area contributed by atoms with Crippen molar-refractivity contribution in [2.75, 3.05) is 13.1 Å². The number of carbonyl (C=O) groups is 4. The number of imide groups is 1. The summed E-state index contributed by atoms with van der Waals surface area (Å²) in [5, 5.41) is 0. The quantitative estimate of drug-likeness (QED) is 0.563. The van der Waals surface area contributed by atoms with Crippen molar-refractivity contribution >= 4 is 23.7 Å². The minimum absolute atomic E-state index is 0.137. The summed E-state index contributed by atoms with van der Waals surface area (Å²) in [7, 11) is 0. The molecule has 154 valence electrons. The van der Waals surface area contributed by atoms with E-state index in [-0.39, 0.29) is 29.1 Å². The van der Waals surface area contributed by atoms with Crippen LogP contribution in [0.1, 0.15) is 56.4 Å². The lowest BCUT2D eigenvalue weighted by Crippen LogP contribution is -2.38. The van der Waals surface area contributed by atoms with E-state index in [1.54, 1.807) is 11.8 Å². The van der Waals surface area contributed by atoms with Gasteiger partial charge in [-0.2, -0.15) is 0 Å². The first-order chi connectivity index (χ1) is 14.5. The molecule has 2 aliphatic heterocycles. The molecule has 2 aromatic carbocycles. The lowest BCUT2D eigenvalue weighted by Gasteiger charge is -2.20. The van der Waals surface area contributed by atoms with Crippen molar-refractivity contribution in [2.45, 2.75) is 32.4 Å². The average Bonchev–Trinajstić information content (AvgIpc) is 3.37. The van der Waals surface area contributed by atoms with Gasteiger partial charge in [0.05, 0.1) is 23.2 Å². The summed E-state index contributed by atoms with van der Waals surface area (Å²) >= 11 is 0. The third-order valence-electron chi connectivity index (χ3n) is 5.44. The first-order valence-electron chi connectivity index (χ1n) is 9.99. The van der Waals surface area contributed by atoms with Crippen molar-refractivity contribution in [3.05, 3.63) is 70.8 Å². The molecule has 7 heteroatoms. The Labute approximate surface area is 174 Å². The van der Waals surface area contributed by atoms with Gasteiger partial charge >= 0.3 is 5.97 Å². The Morgan fingerprint density at radius 2 is 1.63 bits per heavy atom. The summed E-state index contributed by atoms with van der Waals surface area (Å²) in [6, 6.07) is 13.5. The second kappa shape index (κ2) is 8.10. The van der Waals surface area contributed by atoms with Crippen LogP contribution in [0.4, 0.5) is 0 Å². The molecule has 0 spiro atoms. The molecule has 2 aliphatic rings. The fraction of sp³-hybridized carbons (Fsp3) is 0.304. The first-order valence-corrected chi connectivity index (χ1v) is 9.99. The van der Waals surface area contributed by atoms with Gasteiger partial charge in [-0.05, 0) is 43.5 Å². The van der Waals surface area contributed by atoms with Crippen molar-refractivity contribution in [3.63, 3.8) is 0 Å². The van der Waals surface area contributed by atoms with Crippen molar-refractivity contribution in [2.24, 2.45) is 0 Å². The summed E-state index contributed by atoms with van der Waals surface area (Å²) in [5.74, 6) is -1.76. The molecular weight excluding hydrogens is 384 g/mol. The number of fused-ring (bicyclic) bond motifs is 1. The molecule has 4 rings (SSSR count). The molecule has 2 aromatic rings. The van der Waals surface area contributed by atoms with Gasteiger partial charge in [-0.15, -0.1) is 0 Å². The number of rotatable bonds is 5. The third-order valence-corrected chi connectivity index (χ3v) is 5.44. The third kappa shape index (κ3) is 3.70. The van der Waals surface area contributed by atoms with Crippen LogP contribution in [0.2, 0.25) is 0 Å². The Morgan fingerprint density at radius 3 is 2.33 bits per heavy atom. The monoisotopic (exact) mass is 406 g/mol. The summed E-state index contributed by atoms with van der Waals surface area (Å²) < 4.78 is 5.31. The maximum absolute atomic E-state index is 12.8. The predicted octanol–water partition coefficient (Wildman–Crippen LogP) is 2.65. The Morgan fingerprint density at radius 1 is 0.967 bits per heavy atom. The number of amides is 3. The molecule has 3 amide bonds. The van der Waals surface area contributed by atoms with Crippen molar-refractivity contribution in [1.82, 2.24) is 9.80 Å². The van der Waals surface area contributed by atoms with Crippen molar-refractivity contribution in [3.8, 4) is 0 Å². The number of ether oxygens (including phenoxy) is 1. The van der Waals surface area contributed by atoms with E-state index in [1.807, 2.05) is 30.3 Å². The molecule has 1 fully saturated rings. The number of carbonyl (C=O) groups excluding carboxylic acids is 4. The molecule has 30 heavy (non-hydrogen) atoms. The molecule has 0 N–H and O–H groups in total. The molecule has 0 radical (unpaired) electrons. The molecule has 1 saturated heterocycles. The Hall–Kier alpha value is -3.48. The van der Waals surface area contributed by atoms with Crippen LogP contribution in [0, 0.1) is 0 Å². The second-order valence-corrected chi connectivity index (χ2v) is 7.52. The number of likely N-dealkylation sites (tertiary alicyclic amines) is 1. The van der Waals surface area contributed by atoms with E-state index in [2.05, 4.69) is 0 Å². The van der Waals surface area contributed by atoms with Crippen LogP contribution < -0.4 is 0 Å². The van der Waals surface area contributed by atoms with Gasteiger partial charge in [-0.1, -0.05) is 30.3 Å². The highest BCUT2D eigenvalue weighted by Gasteiger charge is 2.36. The molecule has 0 saturated carbocycles. The van der Waals surface area contributed by atoms with Gasteiger partial charge in [0.2, 0.25) is 0 Å². The number of benzene rings is 2. The van der Waals surface area contributed by atoms with Gasteiger partial charge in [0.15, 0.2) is 6.10 Å². The maximum Gasteiger partial charge on any atom is 0.338 e. The van der Waals surface area contributed by atoms with Crippen molar-refractivity contribution in [1.29, 1.82) is 0 Å². The SMILES string of the molecule is C[C@@H](OC(=O)c1ccc2c(c1)C(=O)N(Cc1ccccc1)C2=O)C(=O)N1CCCC1. The topological polar surface area (TPSA) is 84.0 Å². The number of esters is 1. The van der Waals surface area contributed by atoms with E-state index >= 15 is 0 Å². The maximum atomic E-state index is 12.8.